The fraction of sp³-hybridized carbons (Fsp3) is 0.556. The van der Waals surface area contributed by atoms with E-state index in [0.29, 0.717) is 0 Å². The molecule has 0 spiro atoms. The third kappa shape index (κ3) is 5.69. The summed E-state index contributed by atoms with van der Waals surface area (Å²) in [6.45, 7) is 5.83. The topological polar surface area (TPSA) is 3.24 Å². The Morgan fingerprint density at radius 3 is 2.21 bits per heavy atom. The third-order valence-corrected chi connectivity index (χ3v) is 7.33. The van der Waals surface area contributed by atoms with Crippen molar-refractivity contribution in [2.75, 3.05) is 19.6 Å². The molecule has 1 heterocycles. The molecule has 156 valence electrons. The zero-order valence-electron chi connectivity index (χ0n) is 18.0. The van der Waals surface area contributed by atoms with E-state index in [1.54, 1.807) is 23.3 Å². The Balaban J connectivity index is 1.20. The Kier molecular flexibility index (Phi) is 7.02. The van der Waals surface area contributed by atoms with Gasteiger partial charge in [0.05, 0.1) is 0 Å². The zero-order valence-corrected chi connectivity index (χ0v) is 18.0. The van der Waals surface area contributed by atoms with Crippen molar-refractivity contribution in [2.45, 2.75) is 64.7 Å². The summed E-state index contributed by atoms with van der Waals surface area (Å²) >= 11 is 0. The van der Waals surface area contributed by atoms with Gasteiger partial charge < -0.3 is 4.90 Å². The summed E-state index contributed by atoms with van der Waals surface area (Å²) in [6, 6.07) is 14.2. The Morgan fingerprint density at radius 1 is 0.828 bits per heavy atom. The fourth-order valence-corrected chi connectivity index (χ4v) is 5.33. The molecule has 1 nitrogen and oxygen atoms in total. The number of aryl methyl sites for hydroxylation is 3. The molecule has 1 saturated heterocycles. The molecule has 0 saturated carbocycles. The van der Waals surface area contributed by atoms with Crippen LogP contribution in [0.2, 0.25) is 0 Å². The molecule has 0 amide bonds. The van der Waals surface area contributed by atoms with E-state index in [1.807, 2.05) is 12.1 Å². The zero-order chi connectivity index (χ0) is 20.1. The Bertz CT molecular complexity index is 774. The van der Waals surface area contributed by atoms with Crippen molar-refractivity contribution in [3.05, 3.63) is 70.5 Å². The van der Waals surface area contributed by atoms with Gasteiger partial charge >= 0.3 is 0 Å². The highest BCUT2D eigenvalue weighted by Crippen LogP contribution is 2.32. The second kappa shape index (κ2) is 9.89. The van der Waals surface area contributed by atoms with E-state index in [1.165, 1.54) is 69.2 Å². The maximum absolute atomic E-state index is 13.0. The number of halogens is 1. The summed E-state index contributed by atoms with van der Waals surface area (Å²) < 4.78 is 13.0. The van der Waals surface area contributed by atoms with Crippen LogP contribution in [0.15, 0.2) is 42.5 Å². The predicted octanol–water partition coefficient (Wildman–Crippen LogP) is 6.23. The van der Waals surface area contributed by atoms with E-state index in [0.717, 1.165) is 31.2 Å². The summed E-state index contributed by atoms with van der Waals surface area (Å²) in [4.78, 5) is 2.61. The van der Waals surface area contributed by atoms with Gasteiger partial charge in [0.15, 0.2) is 0 Å². The number of fused-ring (bicyclic) bond motifs is 1. The van der Waals surface area contributed by atoms with Crippen molar-refractivity contribution in [2.24, 2.45) is 11.8 Å². The second-order valence-corrected chi connectivity index (χ2v) is 9.30. The van der Waals surface area contributed by atoms with Gasteiger partial charge in [0.1, 0.15) is 5.82 Å². The fourth-order valence-electron chi connectivity index (χ4n) is 5.33. The quantitative estimate of drug-likeness (QED) is 0.526. The average Bonchev–Trinajstić information content (AvgIpc) is 2.96. The highest BCUT2D eigenvalue weighted by molar-refractivity contribution is 5.33. The van der Waals surface area contributed by atoms with Crippen LogP contribution in [0.4, 0.5) is 4.39 Å². The van der Waals surface area contributed by atoms with Crippen LogP contribution >= 0.6 is 0 Å². The van der Waals surface area contributed by atoms with Gasteiger partial charge in [0, 0.05) is 6.54 Å². The number of piperidine rings is 1. The maximum atomic E-state index is 13.0. The van der Waals surface area contributed by atoms with Gasteiger partial charge in [-0.15, -0.1) is 0 Å². The average molecular weight is 394 g/mol. The molecule has 0 N–H and O–H groups in total. The lowest BCUT2D eigenvalue weighted by atomic mass is 9.83. The first-order chi connectivity index (χ1) is 14.2. The lowest BCUT2D eigenvalue weighted by Gasteiger charge is -2.33. The van der Waals surface area contributed by atoms with Crippen molar-refractivity contribution >= 4 is 0 Å². The number of hydrogen-bond donors (Lipinski definition) is 0. The molecule has 2 aromatic rings. The number of likely N-dealkylation sites (tertiary alicyclic amines) is 1. The van der Waals surface area contributed by atoms with Crippen LogP contribution in [0.1, 0.15) is 61.3 Å². The molecule has 1 atom stereocenters. The molecule has 2 heteroatoms. The molecular formula is C27H36FN. The lowest BCUT2D eigenvalue weighted by molar-refractivity contribution is 0.165. The number of benzene rings is 2. The van der Waals surface area contributed by atoms with Gasteiger partial charge in [-0.2, -0.15) is 0 Å². The molecule has 2 aromatic carbocycles. The number of hydrogen-bond acceptors (Lipinski definition) is 1. The minimum absolute atomic E-state index is 0.137. The molecule has 1 fully saturated rings. The van der Waals surface area contributed by atoms with Crippen molar-refractivity contribution < 1.29 is 4.39 Å². The SMILES string of the molecule is CCc1ccc2c(c1)CCC(CC1CCN(CCc3ccc(F)cc3)CC1)CC2. The van der Waals surface area contributed by atoms with Gasteiger partial charge in [-0.05, 0) is 117 Å². The van der Waals surface area contributed by atoms with E-state index in [9.17, 15) is 4.39 Å². The van der Waals surface area contributed by atoms with E-state index in [-0.39, 0.29) is 5.82 Å². The molecule has 1 aliphatic carbocycles. The monoisotopic (exact) mass is 393 g/mol. The van der Waals surface area contributed by atoms with Crippen molar-refractivity contribution in [3.8, 4) is 0 Å². The Labute approximate surface area is 176 Å². The first-order valence-corrected chi connectivity index (χ1v) is 11.8. The second-order valence-electron chi connectivity index (χ2n) is 9.30. The summed E-state index contributed by atoms with van der Waals surface area (Å²) in [7, 11) is 0. The van der Waals surface area contributed by atoms with E-state index < -0.39 is 0 Å². The smallest absolute Gasteiger partial charge is 0.123 e. The summed E-state index contributed by atoms with van der Waals surface area (Å²) in [6.07, 6.45) is 11.6. The summed E-state index contributed by atoms with van der Waals surface area (Å²) in [5.74, 6) is 1.68. The molecule has 29 heavy (non-hydrogen) atoms. The molecule has 0 radical (unpaired) electrons. The van der Waals surface area contributed by atoms with Crippen molar-refractivity contribution in [3.63, 3.8) is 0 Å². The van der Waals surface area contributed by atoms with Gasteiger partial charge in [-0.25, -0.2) is 4.39 Å². The third-order valence-electron chi connectivity index (χ3n) is 7.33. The van der Waals surface area contributed by atoms with Gasteiger partial charge in [0.25, 0.3) is 0 Å². The maximum Gasteiger partial charge on any atom is 0.123 e. The van der Waals surface area contributed by atoms with Gasteiger partial charge in [-0.3, -0.25) is 0 Å². The van der Waals surface area contributed by atoms with Crippen LogP contribution in [0.3, 0.4) is 0 Å². The first-order valence-electron chi connectivity index (χ1n) is 11.8. The van der Waals surface area contributed by atoms with E-state index in [4.69, 9.17) is 0 Å². The minimum Gasteiger partial charge on any atom is -0.303 e. The van der Waals surface area contributed by atoms with E-state index >= 15 is 0 Å². The van der Waals surface area contributed by atoms with Crippen LogP contribution in [0.25, 0.3) is 0 Å². The molecule has 0 bridgehead atoms. The molecular weight excluding hydrogens is 357 g/mol. The predicted molar refractivity (Wildman–Crippen MR) is 120 cm³/mol. The summed E-state index contributed by atoms with van der Waals surface area (Å²) in [5, 5.41) is 0. The van der Waals surface area contributed by atoms with Crippen LogP contribution < -0.4 is 0 Å². The standard InChI is InChI=1S/C27H36FN/c1-2-21-3-8-25-9-4-23(5-10-26(25)20-21)19-24-14-17-29(18-15-24)16-13-22-6-11-27(28)12-7-22/h3,6-8,11-12,20,23-24H,2,4-5,9-10,13-19H2,1H3. The summed E-state index contributed by atoms with van der Waals surface area (Å²) in [5.41, 5.74) is 5.98. The molecule has 1 unspecified atom stereocenters. The minimum atomic E-state index is -0.137. The van der Waals surface area contributed by atoms with Crippen molar-refractivity contribution in [1.29, 1.82) is 0 Å². The van der Waals surface area contributed by atoms with Gasteiger partial charge in [-0.1, -0.05) is 37.3 Å². The molecule has 0 aromatic heterocycles. The highest BCUT2D eigenvalue weighted by Gasteiger charge is 2.24. The molecule has 2 aliphatic rings. The normalized spacial score (nSPS) is 21.0. The van der Waals surface area contributed by atoms with Crippen molar-refractivity contribution in [1.82, 2.24) is 4.90 Å². The number of nitrogens with zero attached hydrogens (tertiary/aromatic N) is 1. The van der Waals surface area contributed by atoms with E-state index in [2.05, 4.69) is 30.0 Å². The molecule has 4 rings (SSSR count). The van der Waals surface area contributed by atoms with Gasteiger partial charge in [0.2, 0.25) is 0 Å². The Hall–Kier alpha value is -1.67. The largest absolute Gasteiger partial charge is 0.303 e. The first kappa shape index (κ1) is 20.6. The Morgan fingerprint density at radius 2 is 1.48 bits per heavy atom. The molecule has 1 aliphatic heterocycles. The highest BCUT2D eigenvalue weighted by atomic mass is 19.1. The van der Waals surface area contributed by atoms with Crippen LogP contribution in [0.5, 0.6) is 0 Å². The van der Waals surface area contributed by atoms with Crippen LogP contribution in [-0.2, 0) is 25.7 Å². The van der Waals surface area contributed by atoms with Crippen LogP contribution in [-0.4, -0.2) is 24.5 Å². The van der Waals surface area contributed by atoms with Crippen LogP contribution in [0, 0.1) is 17.7 Å². The lowest BCUT2D eigenvalue weighted by Crippen LogP contribution is -2.35. The number of rotatable bonds is 6.